The molecule has 1 heterocycles. The molecule has 1 aromatic carbocycles. The summed E-state index contributed by atoms with van der Waals surface area (Å²) in [6.07, 6.45) is -3.88. The van der Waals surface area contributed by atoms with Crippen molar-refractivity contribution in [1.82, 2.24) is 0 Å². The number of nitrogens with two attached hydrogens (primary N) is 1. The van der Waals surface area contributed by atoms with Crippen LogP contribution in [-0.4, -0.2) is 19.3 Å². The molecular formula is C12H14ClF3N2. The van der Waals surface area contributed by atoms with Gasteiger partial charge in [-0.15, -0.1) is 0 Å². The Morgan fingerprint density at radius 2 is 1.83 bits per heavy atom. The number of nitrogens with zero attached hydrogens (tertiary/aromatic N) is 1. The number of hydrogen-bond donors (Lipinski definition) is 1. The van der Waals surface area contributed by atoms with Crippen LogP contribution < -0.4 is 10.6 Å². The number of hydrogen-bond acceptors (Lipinski definition) is 2. The topological polar surface area (TPSA) is 29.3 Å². The summed E-state index contributed by atoms with van der Waals surface area (Å²) in [7, 11) is 0. The monoisotopic (exact) mass is 278 g/mol. The molecule has 0 bridgehead atoms. The molecule has 0 radical (unpaired) electrons. The molecule has 2 nitrogen and oxygen atoms in total. The molecule has 1 aromatic rings. The summed E-state index contributed by atoms with van der Waals surface area (Å²) < 4.78 is 37.6. The number of benzene rings is 1. The van der Waals surface area contributed by atoms with Gasteiger partial charge in [-0.05, 0) is 25.0 Å². The lowest BCUT2D eigenvalue weighted by molar-refractivity contribution is -0.179. The van der Waals surface area contributed by atoms with E-state index < -0.39 is 12.1 Å². The molecule has 18 heavy (non-hydrogen) atoms. The molecule has 0 aliphatic carbocycles. The molecule has 0 saturated carbocycles. The number of alkyl halides is 3. The van der Waals surface area contributed by atoms with E-state index in [-0.39, 0.29) is 12.8 Å². The fraction of sp³-hybridized carbons (Fsp3) is 0.500. The molecule has 0 atom stereocenters. The Labute approximate surface area is 109 Å². The van der Waals surface area contributed by atoms with Gasteiger partial charge >= 0.3 is 6.18 Å². The van der Waals surface area contributed by atoms with Gasteiger partial charge in [-0.3, -0.25) is 0 Å². The smallest absolute Gasteiger partial charge is 0.391 e. The van der Waals surface area contributed by atoms with E-state index in [1.165, 1.54) is 0 Å². The maximum atomic E-state index is 12.5. The molecule has 0 aromatic heterocycles. The van der Waals surface area contributed by atoms with Gasteiger partial charge in [-0.2, -0.15) is 13.2 Å². The van der Waals surface area contributed by atoms with Crippen molar-refractivity contribution in [3.63, 3.8) is 0 Å². The maximum Gasteiger partial charge on any atom is 0.391 e. The van der Waals surface area contributed by atoms with E-state index in [4.69, 9.17) is 17.3 Å². The zero-order chi connectivity index (χ0) is 13.3. The molecular weight excluding hydrogens is 265 g/mol. The Morgan fingerprint density at radius 3 is 2.39 bits per heavy atom. The molecule has 1 aliphatic heterocycles. The number of anilines is 2. The van der Waals surface area contributed by atoms with Gasteiger partial charge in [0, 0.05) is 13.1 Å². The van der Waals surface area contributed by atoms with Crippen LogP contribution in [-0.2, 0) is 0 Å². The Kier molecular flexibility index (Phi) is 3.61. The number of piperidine rings is 1. The van der Waals surface area contributed by atoms with Gasteiger partial charge < -0.3 is 10.6 Å². The normalized spacial score (nSPS) is 18.1. The van der Waals surface area contributed by atoms with Crippen molar-refractivity contribution in [2.24, 2.45) is 5.92 Å². The van der Waals surface area contributed by atoms with Crippen LogP contribution in [0.15, 0.2) is 18.2 Å². The minimum atomic E-state index is -4.09. The second-order valence-electron chi connectivity index (χ2n) is 4.48. The van der Waals surface area contributed by atoms with Gasteiger partial charge in [0.25, 0.3) is 0 Å². The summed E-state index contributed by atoms with van der Waals surface area (Å²) in [6.45, 7) is 0.712. The Morgan fingerprint density at radius 1 is 1.22 bits per heavy atom. The highest BCUT2D eigenvalue weighted by Crippen LogP contribution is 2.37. The molecule has 6 heteroatoms. The van der Waals surface area contributed by atoms with Crippen molar-refractivity contribution in [1.29, 1.82) is 0 Å². The quantitative estimate of drug-likeness (QED) is 0.794. The first-order chi connectivity index (χ1) is 8.39. The van der Waals surface area contributed by atoms with Crippen LogP contribution in [0, 0.1) is 5.92 Å². The second-order valence-corrected chi connectivity index (χ2v) is 4.88. The van der Waals surface area contributed by atoms with Crippen LogP contribution in [0.2, 0.25) is 5.02 Å². The standard InChI is InChI=1S/C12H14ClF3N2/c13-9-2-1-3-10(11(9)17)18-6-4-8(5-7-18)12(14,15)16/h1-3,8H,4-7,17H2. The van der Waals surface area contributed by atoms with Gasteiger partial charge in [0.2, 0.25) is 0 Å². The first kappa shape index (κ1) is 13.3. The van der Waals surface area contributed by atoms with Crippen molar-refractivity contribution in [3.05, 3.63) is 23.2 Å². The third kappa shape index (κ3) is 2.66. The van der Waals surface area contributed by atoms with Gasteiger partial charge in [0.05, 0.1) is 22.3 Å². The average molecular weight is 279 g/mol. The van der Waals surface area contributed by atoms with E-state index in [0.717, 1.165) is 5.69 Å². The Balaban J connectivity index is 2.08. The predicted molar refractivity (Wildman–Crippen MR) is 66.9 cm³/mol. The number of para-hydroxylation sites is 1. The van der Waals surface area contributed by atoms with Crippen LogP contribution in [0.4, 0.5) is 24.5 Å². The summed E-state index contributed by atoms with van der Waals surface area (Å²) in [5.74, 6) is -1.20. The minimum Gasteiger partial charge on any atom is -0.396 e. The summed E-state index contributed by atoms with van der Waals surface area (Å²) in [4.78, 5) is 1.86. The molecule has 2 N–H and O–H groups in total. The van der Waals surface area contributed by atoms with Crippen LogP contribution in [0.3, 0.4) is 0 Å². The average Bonchev–Trinajstić information content (AvgIpc) is 2.32. The lowest BCUT2D eigenvalue weighted by Gasteiger charge is -2.35. The summed E-state index contributed by atoms with van der Waals surface area (Å²) in [5, 5.41) is 0.436. The maximum absolute atomic E-state index is 12.5. The number of rotatable bonds is 1. The van der Waals surface area contributed by atoms with Gasteiger partial charge in [0.1, 0.15) is 0 Å². The van der Waals surface area contributed by atoms with Crippen LogP contribution in [0.5, 0.6) is 0 Å². The van der Waals surface area contributed by atoms with E-state index in [0.29, 0.717) is 23.8 Å². The third-order valence-electron chi connectivity index (χ3n) is 3.33. The lowest BCUT2D eigenvalue weighted by Crippen LogP contribution is -2.39. The summed E-state index contributed by atoms with van der Waals surface area (Å²) >= 11 is 5.90. The molecule has 1 fully saturated rings. The van der Waals surface area contributed by atoms with Gasteiger partial charge in [0.15, 0.2) is 0 Å². The van der Waals surface area contributed by atoms with Crippen molar-refractivity contribution >= 4 is 23.0 Å². The van der Waals surface area contributed by atoms with E-state index in [1.54, 1.807) is 18.2 Å². The first-order valence-electron chi connectivity index (χ1n) is 5.75. The zero-order valence-electron chi connectivity index (χ0n) is 9.67. The molecule has 2 rings (SSSR count). The van der Waals surface area contributed by atoms with E-state index in [1.807, 2.05) is 4.90 Å². The van der Waals surface area contributed by atoms with Crippen LogP contribution in [0.25, 0.3) is 0 Å². The van der Waals surface area contributed by atoms with E-state index in [9.17, 15) is 13.2 Å². The molecule has 100 valence electrons. The highest BCUT2D eigenvalue weighted by Gasteiger charge is 2.41. The van der Waals surface area contributed by atoms with Crippen LogP contribution in [0.1, 0.15) is 12.8 Å². The molecule has 0 unspecified atom stereocenters. The highest BCUT2D eigenvalue weighted by molar-refractivity contribution is 6.33. The first-order valence-corrected chi connectivity index (χ1v) is 6.13. The summed E-state index contributed by atoms with van der Waals surface area (Å²) in [6, 6.07) is 5.21. The van der Waals surface area contributed by atoms with E-state index >= 15 is 0 Å². The van der Waals surface area contributed by atoms with E-state index in [2.05, 4.69) is 0 Å². The van der Waals surface area contributed by atoms with Crippen molar-refractivity contribution in [2.75, 3.05) is 23.7 Å². The zero-order valence-corrected chi connectivity index (χ0v) is 10.4. The third-order valence-corrected chi connectivity index (χ3v) is 3.66. The Bertz CT molecular complexity index is 426. The van der Waals surface area contributed by atoms with Crippen molar-refractivity contribution in [3.8, 4) is 0 Å². The Hall–Kier alpha value is -1.10. The number of nitrogen functional groups attached to an aromatic ring is 1. The lowest BCUT2D eigenvalue weighted by atomic mass is 9.96. The molecule has 0 amide bonds. The SMILES string of the molecule is Nc1c(Cl)cccc1N1CCC(C(F)(F)F)CC1. The fourth-order valence-corrected chi connectivity index (χ4v) is 2.42. The summed E-state index contributed by atoms with van der Waals surface area (Å²) in [5.41, 5.74) is 7.00. The van der Waals surface area contributed by atoms with Gasteiger partial charge in [-0.25, -0.2) is 0 Å². The highest BCUT2D eigenvalue weighted by atomic mass is 35.5. The van der Waals surface area contributed by atoms with Gasteiger partial charge in [-0.1, -0.05) is 17.7 Å². The van der Waals surface area contributed by atoms with Crippen molar-refractivity contribution in [2.45, 2.75) is 19.0 Å². The van der Waals surface area contributed by atoms with Crippen LogP contribution >= 0.6 is 11.6 Å². The fourth-order valence-electron chi connectivity index (χ4n) is 2.25. The molecule has 1 saturated heterocycles. The molecule has 0 spiro atoms. The largest absolute Gasteiger partial charge is 0.396 e. The molecule has 1 aliphatic rings. The predicted octanol–water partition coefficient (Wildman–Crippen LogP) is 3.70. The minimum absolute atomic E-state index is 0.107. The second kappa shape index (κ2) is 4.88. The number of halogens is 4. The van der Waals surface area contributed by atoms with Crippen molar-refractivity contribution < 1.29 is 13.2 Å².